The second-order valence-electron chi connectivity index (χ2n) is 6.16. The Morgan fingerprint density at radius 1 is 1.31 bits per heavy atom. The van der Waals surface area contributed by atoms with E-state index in [2.05, 4.69) is 10.6 Å². The van der Waals surface area contributed by atoms with Gasteiger partial charge in [0.25, 0.3) is 11.8 Å². The van der Waals surface area contributed by atoms with Crippen LogP contribution in [0.3, 0.4) is 0 Å². The number of urea groups is 1. The predicted molar refractivity (Wildman–Crippen MR) is 88.4 cm³/mol. The Morgan fingerprint density at radius 3 is 2.69 bits per heavy atom. The van der Waals surface area contributed by atoms with Gasteiger partial charge in [-0.05, 0) is 24.6 Å². The largest absolute Gasteiger partial charge is 0.497 e. The fourth-order valence-corrected chi connectivity index (χ4v) is 3.20. The highest BCUT2D eigenvalue weighted by molar-refractivity contribution is 6.09. The van der Waals surface area contributed by atoms with Gasteiger partial charge < -0.3 is 19.7 Å². The van der Waals surface area contributed by atoms with Crippen LogP contribution in [0.15, 0.2) is 18.2 Å². The summed E-state index contributed by atoms with van der Waals surface area (Å²) in [4.78, 5) is 50.1. The molecule has 1 saturated heterocycles. The van der Waals surface area contributed by atoms with E-state index in [1.54, 1.807) is 25.1 Å². The lowest BCUT2D eigenvalue weighted by molar-refractivity contribution is -0.147. The topological polar surface area (TPSA) is 114 Å². The summed E-state index contributed by atoms with van der Waals surface area (Å²) in [5.41, 5.74) is -0.294. The lowest BCUT2D eigenvalue weighted by Crippen LogP contribution is -2.56. The van der Waals surface area contributed by atoms with Crippen molar-refractivity contribution in [2.45, 2.75) is 25.4 Å². The van der Waals surface area contributed by atoms with E-state index in [0.29, 0.717) is 11.3 Å². The minimum absolute atomic E-state index is 0.140. The molecule has 1 unspecified atom stereocenters. The molecule has 2 N–H and O–H groups in total. The second kappa shape index (κ2) is 6.66. The van der Waals surface area contributed by atoms with Gasteiger partial charge in [-0.15, -0.1) is 0 Å². The van der Waals surface area contributed by atoms with Crippen LogP contribution < -0.4 is 15.4 Å². The van der Waals surface area contributed by atoms with Crippen molar-refractivity contribution in [3.05, 3.63) is 29.3 Å². The number of carbonyl (C=O) groups excluding carboxylic acids is 4. The van der Waals surface area contributed by atoms with E-state index < -0.39 is 23.4 Å². The van der Waals surface area contributed by atoms with E-state index in [4.69, 9.17) is 9.47 Å². The Hall–Kier alpha value is -3.10. The van der Waals surface area contributed by atoms with Gasteiger partial charge in [0.1, 0.15) is 11.3 Å². The molecule has 0 radical (unpaired) electrons. The fourth-order valence-electron chi connectivity index (χ4n) is 3.20. The van der Waals surface area contributed by atoms with Crippen LogP contribution in [0.5, 0.6) is 5.75 Å². The number of fused-ring (bicyclic) bond motifs is 1. The van der Waals surface area contributed by atoms with E-state index in [1.165, 1.54) is 12.0 Å². The maximum Gasteiger partial charge on any atom is 0.322 e. The van der Waals surface area contributed by atoms with Crippen molar-refractivity contribution in [2.75, 3.05) is 20.3 Å². The van der Waals surface area contributed by atoms with Crippen LogP contribution in [-0.2, 0) is 20.9 Å². The summed E-state index contributed by atoms with van der Waals surface area (Å²) >= 11 is 0. The summed E-state index contributed by atoms with van der Waals surface area (Å²) in [5.74, 6) is -1.03. The number of benzene rings is 1. The van der Waals surface area contributed by atoms with E-state index in [9.17, 15) is 19.2 Å². The molecule has 26 heavy (non-hydrogen) atoms. The number of methoxy groups -OCH3 is 1. The highest BCUT2D eigenvalue weighted by atomic mass is 16.5. The molecule has 1 aromatic rings. The maximum absolute atomic E-state index is 12.7. The second-order valence-corrected chi connectivity index (χ2v) is 6.16. The van der Waals surface area contributed by atoms with Crippen molar-refractivity contribution < 1.29 is 28.7 Å². The van der Waals surface area contributed by atoms with Crippen molar-refractivity contribution in [1.29, 1.82) is 0 Å². The molecule has 0 aliphatic carbocycles. The Morgan fingerprint density at radius 2 is 2.08 bits per heavy atom. The van der Waals surface area contributed by atoms with Crippen LogP contribution in [0.4, 0.5) is 4.79 Å². The Balaban J connectivity index is 1.84. The lowest BCUT2D eigenvalue weighted by atomic mass is 9.94. The van der Waals surface area contributed by atoms with Gasteiger partial charge in [-0.3, -0.25) is 19.7 Å². The van der Waals surface area contributed by atoms with Crippen LogP contribution in [0.1, 0.15) is 29.3 Å². The summed E-state index contributed by atoms with van der Waals surface area (Å²) in [7, 11) is 1.51. The maximum atomic E-state index is 12.7. The Kier molecular flexibility index (Phi) is 4.54. The summed E-state index contributed by atoms with van der Waals surface area (Å²) in [6.07, 6.45) is -0.359. The highest BCUT2D eigenvalue weighted by Crippen LogP contribution is 2.29. The Bertz CT molecular complexity index is 793. The molecule has 2 heterocycles. The molecular formula is C17H19N3O6. The highest BCUT2D eigenvalue weighted by Gasteiger charge is 2.50. The van der Waals surface area contributed by atoms with E-state index in [-0.39, 0.29) is 32.0 Å². The first-order valence-corrected chi connectivity index (χ1v) is 8.14. The molecule has 4 amide bonds. The lowest BCUT2D eigenvalue weighted by Gasteiger charge is -2.30. The van der Waals surface area contributed by atoms with Crippen molar-refractivity contribution >= 4 is 23.8 Å². The molecule has 0 spiro atoms. The number of ether oxygens (including phenoxy) is 2. The SMILES string of the molecule is CCOC(=O)CC1(CN2Cc3ccc(OC)cc3C2=O)NC(=O)NC1=O. The van der Waals surface area contributed by atoms with Gasteiger partial charge in [-0.1, -0.05) is 6.07 Å². The van der Waals surface area contributed by atoms with Crippen LogP contribution >= 0.6 is 0 Å². The van der Waals surface area contributed by atoms with Gasteiger partial charge in [0, 0.05) is 12.1 Å². The number of esters is 1. The van der Waals surface area contributed by atoms with Crippen LogP contribution in [-0.4, -0.2) is 54.5 Å². The molecule has 1 atom stereocenters. The number of rotatable bonds is 6. The van der Waals surface area contributed by atoms with Crippen LogP contribution in [0, 0.1) is 0 Å². The zero-order chi connectivity index (χ0) is 18.9. The van der Waals surface area contributed by atoms with Crippen molar-refractivity contribution in [3.63, 3.8) is 0 Å². The zero-order valence-electron chi connectivity index (χ0n) is 14.5. The van der Waals surface area contributed by atoms with Gasteiger partial charge in [0.05, 0.1) is 26.7 Å². The van der Waals surface area contributed by atoms with E-state index in [1.807, 2.05) is 0 Å². The molecule has 1 fully saturated rings. The third-order valence-electron chi connectivity index (χ3n) is 4.42. The molecule has 2 aliphatic rings. The fraction of sp³-hybridized carbons (Fsp3) is 0.412. The minimum atomic E-state index is -1.55. The molecule has 0 saturated carbocycles. The van der Waals surface area contributed by atoms with Crippen LogP contribution in [0.2, 0.25) is 0 Å². The monoisotopic (exact) mass is 361 g/mol. The summed E-state index contributed by atoms with van der Waals surface area (Å²) in [6.45, 7) is 1.93. The average Bonchev–Trinajstić information content (AvgIpc) is 3.04. The van der Waals surface area contributed by atoms with Gasteiger partial charge in [-0.2, -0.15) is 0 Å². The number of imide groups is 1. The van der Waals surface area contributed by atoms with Gasteiger partial charge >= 0.3 is 12.0 Å². The predicted octanol–water partition coefficient (Wildman–Crippen LogP) is 0.182. The van der Waals surface area contributed by atoms with Crippen molar-refractivity contribution in [1.82, 2.24) is 15.5 Å². The molecule has 0 bridgehead atoms. The van der Waals surface area contributed by atoms with Gasteiger partial charge in [0.15, 0.2) is 0 Å². The zero-order valence-corrected chi connectivity index (χ0v) is 14.5. The number of carbonyl (C=O) groups is 4. The van der Waals surface area contributed by atoms with Crippen molar-refractivity contribution in [3.8, 4) is 5.75 Å². The molecule has 9 nitrogen and oxygen atoms in total. The van der Waals surface area contributed by atoms with Gasteiger partial charge in [-0.25, -0.2) is 4.79 Å². The molecular weight excluding hydrogens is 342 g/mol. The summed E-state index contributed by atoms with van der Waals surface area (Å²) in [5, 5.41) is 4.61. The molecule has 138 valence electrons. The normalized spacial score (nSPS) is 21.3. The van der Waals surface area contributed by atoms with Crippen LogP contribution in [0.25, 0.3) is 0 Å². The van der Waals surface area contributed by atoms with Gasteiger partial charge in [0.2, 0.25) is 0 Å². The number of amides is 4. The number of hydrogen-bond donors (Lipinski definition) is 2. The molecule has 9 heteroatoms. The summed E-state index contributed by atoms with van der Waals surface area (Å²) in [6, 6.07) is 4.44. The number of nitrogens with zero attached hydrogens (tertiary/aromatic N) is 1. The quantitative estimate of drug-likeness (QED) is 0.552. The molecule has 0 aromatic heterocycles. The average molecular weight is 361 g/mol. The minimum Gasteiger partial charge on any atom is -0.497 e. The standard InChI is InChI=1S/C17H19N3O6/c1-3-26-13(21)7-17(15(23)18-16(24)19-17)9-20-8-10-4-5-11(25-2)6-12(10)14(20)22/h4-6H,3,7-9H2,1-2H3,(H2,18,19,23,24). The summed E-state index contributed by atoms with van der Waals surface area (Å²) < 4.78 is 10.0. The van der Waals surface area contributed by atoms with E-state index >= 15 is 0 Å². The smallest absolute Gasteiger partial charge is 0.322 e. The molecule has 3 rings (SSSR count). The number of nitrogens with one attached hydrogen (secondary N) is 2. The molecule has 2 aliphatic heterocycles. The third kappa shape index (κ3) is 3.07. The first-order chi connectivity index (χ1) is 12.4. The first-order valence-electron chi connectivity index (χ1n) is 8.14. The van der Waals surface area contributed by atoms with E-state index in [0.717, 1.165) is 5.56 Å². The third-order valence-corrected chi connectivity index (χ3v) is 4.42. The van der Waals surface area contributed by atoms with Crippen molar-refractivity contribution in [2.24, 2.45) is 0 Å². The number of hydrogen-bond acceptors (Lipinski definition) is 6. The molecule has 1 aromatic carbocycles. The Labute approximate surface area is 149 Å². The first kappa shape index (κ1) is 17.7.